The van der Waals surface area contributed by atoms with Crippen molar-refractivity contribution >= 4 is 0 Å². The van der Waals surface area contributed by atoms with Crippen molar-refractivity contribution < 1.29 is 0 Å². The van der Waals surface area contributed by atoms with E-state index in [4.69, 9.17) is 0 Å². The number of rotatable bonds is 2. The molecule has 0 N–H and O–H groups in total. The molecule has 0 fully saturated rings. The van der Waals surface area contributed by atoms with E-state index in [9.17, 15) is 0 Å². The quantitative estimate of drug-likeness (QED) is 0.609. The molecule has 0 aliphatic rings. The third-order valence-electron chi connectivity index (χ3n) is 1.65. The summed E-state index contributed by atoms with van der Waals surface area (Å²) in [6, 6.07) is 2.14. The van der Waals surface area contributed by atoms with Crippen LogP contribution in [0.25, 0.3) is 0 Å². The normalized spacial score (nSPS) is 10.3. The van der Waals surface area contributed by atoms with Crippen LogP contribution in [-0.2, 0) is 13.0 Å². The molecule has 1 aromatic rings. The Hall–Kier alpha value is -0.790. The maximum absolute atomic E-state index is 4.32. The van der Waals surface area contributed by atoms with Crippen molar-refractivity contribution in [3.05, 3.63) is 17.5 Å². The number of hydrogen-bond donors (Lipinski definition) is 0. The predicted octanol–water partition coefficient (Wildman–Crippen LogP) is 1.77. The molecule has 0 aliphatic carbocycles. The van der Waals surface area contributed by atoms with Gasteiger partial charge in [-0.3, -0.25) is 4.68 Å². The van der Waals surface area contributed by atoms with Gasteiger partial charge in [0.25, 0.3) is 0 Å². The van der Waals surface area contributed by atoms with Gasteiger partial charge in [0.1, 0.15) is 0 Å². The Morgan fingerprint density at radius 3 is 2.60 bits per heavy atom. The third-order valence-corrected chi connectivity index (χ3v) is 1.65. The number of nitrogens with zero attached hydrogens (tertiary/aromatic N) is 2. The minimum absolute atomic E-state index is 0.983. The zero-order valence-corrected chi connectivity index (χ0v) is 6.89. The van der Waals surface area contributed by atoms with Crippen molar-refractivity contribution in [1.29, 1.82) is 0 Å². The molecular weight excluding hydrogens is 124 g/mol. The van der Waals surface area contributed by atoms with Gasteiger partial charge in [-0.2, -0.15) is 5.10 Å². The van der Waals surface area contributed by atoms with E-state index in [0.29, 0.717) is 0 Å². The molecule has 0 aliphatic heterocycles. The van der Waals surface area contributed by atoms with Crippen LogP contribution >= 0.6 is 0 Å². The van der Waals surface area contributed by atoms with Crippen molar-refractivity contribution in [2.24, 2.45) is 0 Å². The smallest absolute Gasteiger partial charge is 0.0596 e. The summed E-state index contributed by atoms with van der Waals surface area (Å²) < 4.78 is 2.05. The van der Waals surface area contributed by atoms with E-state index in [1.807, 2.05) is 6.92 Å². The van der Waals surface area contributed by atoms with Gasteiger partial charge in [-0.15, -0.1) is 0 Å². The Balaban J connectivity index is 2.96. The zero-order valence-electron chi connectivity index (χ0n) is 6.89. The van der Waals surface area contributed by atoms with Crippen molar-refractivity contribution in [3.8, 4) is 0 Å². The zero-order chi connectivity index (χ0) is 7.56. The van der Waals surface area contributed by atoms with Crippen molar-refractivity contribution in [2.45, 2.75) is 33.7 Å². The highest BCUT2D eigenvalue weighted by Crippen LogP contribution is 2.03. The Kier molecular flexibility index (Phi) is 2.10. The first-order valence-corrected chi connectivity index (χ1v) is 3.81. The highest BCUT2D eigenvalue weighted by Gasteiger charge is 1.99. The fourth-order valence-corrected chi connectivity index (χ4v) is 1.16. The second kappa shape index (κ2) is 2.86. The van der Waals surface area contributed by atoms with E-state index in [0.717, 1.165) is 18.7 Å². The summed E-state index contributed by atoms with van der Waals surface area (Å²) in [5.74, 6) is 0. The molecule has 0 amide bonds. The van der Waals surface area contributed by atoms with Gasteiger partial charge in [0.2, 0.25) is 0 Å². The first-order valence-electron chi connectivity index (χ1n) is 3.81. The first kappa shape index (κ1) is 7.32. The van der Waals surface area contributed by atoms with Gasteiger partial charge in [0, 0.05) is 12.2 Å². The maximum Gasteiger partial charge on any atom is 0.0596 e. The van der Waals surface area contributed by atoms with Crippen molar-refractivity contribution in [1.82, 2.24) is 9.78 Å². The molecule has 2 nitrogen and oxygen atoms in total. The van der Waals surface area contributed by atoms with E-state index in [-0.39, 0.29) is 0 Å². The van der Waals surface area contributed by atoms with Crippen LogP contribution in [0.2, 0.25) is 0 Å². The lowest BCUT2D eigenvalue weighted by molar-refractivity contribution is 0.621. The molecule has 0 unspecified atom stereocenters. The van der Waals surface area contributed by atoms with E-state index in [1.165, 1.54) is 5.69 Å². The summed E-state index contributed by atoms with van der Waals surface area (Å²) in [5, 5.41) is 4.32. The van der Waals surface area contributed by atoms with Crippen LogP contribution in [0.5, 0.6) is 0 Å². The van der Waals surface area contributed by atoms with Crippen LogP contribution in [-0.4, -0.2) is 9.78 Å². The lowest BCUT2D eigenvalue weighted by Crippen LogP contribution is -2.00. The van der Waals surface area contributed by atoms with Crippen LogP contribution in [0.3, 0.4) is 0 Å². The standard InChI is InChI=1S/C8H14N2/c1-4-8-6-7(3)9-10(8)5-2/h6H,4-5H2,1-3H3. The largest absolute Gasteiger partial charge is 0.270 e. The molecule has 1 aromatic heterocycles. The lowest BCUT2D eigenvalue weighted by atomic mass is 10.3. The highest BCUT2D eigenvalue weighted by atomic mass is 15.3. The van der Waals surface area contributed by atoms with Crippen LogP contribution < -0.4 is 0 Å². The monoisotopic (exact) mass is 138 g/mol. The molecule has 10 heavy (non-hydrogen) atoms. The summed E-state index contributed by atoms with van der Waals surface area (Å²) in [4.78, 5) is 0. The number of hydrogen-bond acceptors (Lipinski definition) is 1. The van der Waals surface area contributed by atoms with Gasteiger partial charge < -0.3 is 0 Å². The van der Waals surface area contributed by atoms with Gasteiger partial charge in [0.05, 0.1) is 5.69 Å². The van der Waals surface area contributed by atoms with Crippen molar-refractivity contribution in [3.63, 3.8) is 0 Å². The summed E-state index contributed by atoms with van der Waals surface area (Å²) >= 11 is 0. The average Bonchev–Trinajstić information content (AvgIpc) is 2.30. The second-order valence-electron chi connectivity index (χ2n) is 2.45. The summed E-state index contributed by atoms with van der Waals surface area (Å²) in [5.41, 5.74) is 2.46. The molecule has 56 valence electrons. The third kappa shape index (κ3) is 1.20. The topological polar surface area (TPSA) is 17.8 Å². The highest BCUT2D eigenvalue weighted by molar-refractivity contribution is 5.08. The molecule has 0 bridgehead atoms. The van der Waals surface area contributed by atoms with Crippen molar-refractivity contribution in [2.75, 3.05) is 0 Å². The molecule has 0 saturated heterocycles. The molecule has 0 radical (unpaired) electrons. The summed E-state index contributed by atoms with van der Waals surface area (Å²) in [6.07, 6.45) is 1.08. The molecule has 0 atom stereocenters. The van der Waals surface area contributed by atoms with Gasteiger partial charge in [0.15, 0.2) is 0 Å². The van der Waals surface area contributed by atoms with E-state index in [1.54, 1.807) is 0 Å². The Morgan fingerprint density at radius 1 is 1.50 bits per heavy atom. The maximum atomic E-state index is 4.32. The Morgan fingerprint density at radius 2 is 2.20 bits per heavy atom. The number of aromatic nitrogens is 2. The summed E-state index contributed by atoms with van der Waals surface area (Å²) in [7, 11) is 0. The van der Waals surface area contributed by atoms with Gasteiger partial charge in [-0.1, -0.05) is 6.92 Å². The van der Waals surface area contributed by atoms with Crippen LogP contribution in [0.1, 0.15) is 25.2 Å². The minimum atomic E-state index is 0.983. The Bertz CT molecular complexity index is 192. The molecule has 0 saturated carbocycles. The molecule has 1 rings (SSSR count). The van der Waals surface area contributed by atoms with E-state index >= 15 is 0 Å². The number of aryl methyl sites for hydroxylation is 3. The molecule has 1 heterocycles. The van der Waals surface area contributed by atoms with E-state index in [2.05, 4.69) is 29.7 Å². The van der Waals surface area contributed by atoms with Crippen LogP contribution in [0.15, 0.2) is 6.07 Å². The first-order chi connectivity index (χ1) is 4.77. The molecule has 0 aromatic carbocycles. The van der Waals surface area contributed by atoms with Gasteiger partial charge in [-0.05, 0) is 26.3 Å². The Labute approximate surface area is 61.9 Å². The summed E-state index contributed by atoms with van der Waals surface area (Å²) in [6.45, 7) is 7.29. The van der Waals surface area contributed by atoms with Gasteiger partial charge >= 0.3 is 0 Å². The van der Waals surface area contributed by atoms with Crippen LogP contribution in [0, 0.1) is 6.92 Å². The molecular formula is C8H14N2. The SMILES string of the molecule is CCc1cc(C)nn1CC. The fraction of sp³-hybridized carbons (Fsp3) is 0.625. The second-order valence-corrected chi connectivity index (χ2v) is 2.45. The minimum Gasteiger partial charge on any atom is -0.270 e. The predicted molar refractivity (Wildman–Crippen MR) is 42.0 cm³/mol. The fourth-order valence-electron chi connectivity index (χ4n) is 1.16. The van der Waals surface area contributed by atoms with E-state index < -0.39 is 0 Å². The molecule has 2 heteroatoms. The molecule has 0 spiro atoms. The lowest BCUT2D eigenvalue weighted by Gasteiger charge is -1.98. The average molecular weight is 138 g/mol. The van der Waals surface area contributed by atoms with Crippen LogP contribution in [0.4, 0.5) is 0 Å². The van der Waals surface area contributed by atoms with Gasteiger partial charge in [-0.25, -0.2) is 0 Å².